The predicted octanol–water partition coefficient (Wildman–Crippen LogP) is 4.73. The van der Waals surface area contributed by atoms with Gasteiger partial charge in [-0.3, -0.25) is 19.2 Å². The molecule has 6 nitrogen and oxygen atoms in total. The average molecular weight is 410 g/mol. The van der Waals surface area contributed by atoms with Gasteiger partial charge in [0.1, 0.15) is 17.0 Å². The van der Waals surface area contributed by atoms with Gasteiger partial charge in [-0.05, 0) is 39.0 Å². The number of para-hydroxylation sites is 1. The van der Waals surface area contributed by atoms with Gasteiger partial charge in [-0.2, -0.15) is 0 Å². The fourth-order valence-electron chi connectivity index (χ4n) is 3.45. The van der Waals surface area contributed by atoms with E-state index in [1.54, 1.807) is 39.8 Å². The third-order valence-electron chi connectivity index (χ3n) is 4.70. The molecule has 0 N–H and O–H groups in total. The molecular weight excluding hydrogens is 386 g/mol. The highest BCUT2D eigenvalue weighted by molar-refractivity contribution is 7.99. The van der Waals surface area contributed by atoms with Gasteiger partial charge in [-0.25, -0.2) is 4.79 Å². The molecule has 1 aromatic carbocycles. The van der Waals surface area contributed by atoms with Crippen molar-refractivity contribution in [3.8, 4) is 0 Å². The third kappa shape index (κ3) is 3.87. The Morgan fingerprint density at radius 2 is 1.93 bits per heavy atom. The van der Waals surface area contributed by atoms with Crippen LogP contribution < -0.4 is 0 Å². The van der Waals surface area contributed by atoms with Crippen LogP contribution in [0, 0.1) is 0 Å². The second-order valence-corrected chi connectivity index (χ2v) is 9.07. The Labute approximate surface area is 173 Å². The number of hydrogen-bond donors (Lipinski definition) is 0. The zero-order valence-electron chi connectivity index (χ0n) is 16.6. The lowest BCUT2D eigenvalue weighted by Crippen LogP contribution is -2.46. The molecule has 0 aliphatic carbocycles. The molecular formula is C22H23N3O3S. The zero-order chi connectivity index (χ0) is 20.6. The molecule has 3 heterocycles. The normalized spacial score (nSPS) is 19.5. The summed E-state index contributed by atoms with van der Waals surface area (Å²) in [5.41, 5.74) is 1.05. The van der Waals surface area contributed by atoms with Crippen molar-refractivity contribution in [1.29, 1.82) is 0 Å². The number of nitrogens with zero attached hydrogens (tertiary/aromatic N) is 3. The Balaban J connectivity index is 1.71. The molecule has 1 unspecified atom stereocenters. The molecule has 2 atom stereocenters. The molecule has 0 radical (unpaired) electrons. The molecule has 1 fully saturated rings. The minimum atomic E-state index is -0.655. The third-order valence-corrected chi connectivity index (χ3v) is 6.02. The van der Waals surface area contributed by atoms with Gasteiger partial charge in [-0.15, -0.1) is 11.8 Å². The summed E-state index contributed by atoms with van der Waals surface area (Å²) in [6.07, 6.45) is 4.69. The second kappa shape index (κ2) is 7.55. The molecule has 1 aliphatic rings. The number of pyridine rings is 1. The first kappa shape index (κ1) is 19.5. The summed E-state index contributed by atoms with van der Waals surface area (Å²) in [5.74, 6) is 0.348. The van der Waals surface area contributed by atoms with Crippen LogP contribution in [-0.4, -0.2) is 43.8 Å². The van der Waals surface area contributed by atoms with Crippen LogP contribution in [0.5, 0.6) is 0 Å². The van der Waals surface area contributed by atoms with Crippen molar-refractivity contribution in [2.24, 2.45) is 0 Å². The number of amides is 1. The molecule has 1 amide bonds. The standard InChI is InChI=1S/C22H23N3O3S/c1-22(2,3)28-21(27)25-18(14-29-20(25)16-8-6-11-23-13-16)19(26)24-12-10-15-7-4-5-9-17(15)24/h4-13,18,20H,14H2,1-3H3/t18-,20?/m0/s1. The van der Waals surface area contributed by atoms with E-state index in [1.807, 2.05) is 63.2 Å². The number of thioether (sulfide) groups is 1. The van der Waals surface area contributed by atoms with E-state index >= 15 is 0 Å². The summed E-state index contributed by atoms with van der Waals surface area (Å²) in [4.78, 5) is 32.3. The van der Waals surface area contributed by atoms with Crippen LogP contribution in [0.2, 0.25) is 0 Å². The summed E-state index contributed by atoms with van der Waals surface area (Å²) in [6, 6.07) is 12.7. The fraction of sp³-hybridized carbons (Fsp3) is 0.318. The summed E-state index contributed by atoms with van der Waals surface area (Å²) in [6.45, 7) is 5.47. The monoisotopic (exact) mass is 409 g/mol. The van der Waals surface area contributed by atoms with Crippen molar-refractivity contribution in [1.82, 2.24) is 14.5 Å². The van der Waals surface area contributed by atoms with Crippen LogP contribution in [0.1, 0.15) is 36.5 Å². The minimum absolute atomic E-state index is 0.143. The molecule has 150 valence electrons. The topological polar surface area (TPSA) is 64.4 Å². The van der Waals surface area contributed by atoms with Gasteiger partial charge in [0.05, 0.1) is 5.52 Å². The summed E-state index contributed by atoms with van der Waals surface area (Å²) < 4.78 is 7.28. The Bertz CT molecular complexity index is 1040. The van der Waals surface area contributed by atoms with Crippen LogP contribution in [-0.2, 0) is 4.74 Å². The summed E-state index contributed by atoms with van der Waals surface area (Å²) >= 11 is 1.55. The van der Waals surface area contributed by atoms with Gasteiger partial charge in [0.25, 0.3) is 5.91 Å². The van der Waals surface area contributed by atoms with E-state index in [2.05, 4.69) is 4.98 Å². The molecule has 2 aromatic heterocycles. The van der Waals surface area contributed by atoms with E-state index in [-0.39, 0.29) is 11.3 Å². The maximum atomic E-state index is 13.5. The number of carbonyl (C=O) groups is 2. The van der Waals surface area contributed by atoms with Crippen LogP contribution in [0.3, 0.4) is 0 Å². The number of carbonyl (C=O) groups excluding carboxylic acids is 2. The molecule has 1 saturated heterocycles. The van der Waals surface area contributed by atoms with Crippen molar-refractivity contribution in [2.45, 2.75) is 37.8 Å². The summed E-state index contributed by atoms with van der Waals surface area (Å²) in [7, 11) is 0. The van der Waals surface area contributed by atoms with E-state index in [1.165, 1.54) is 0 Å². The van der Waals surface area contributed by atoms with Crippen molar-refractivity contribution >= 4 is 34.7 Å². The molecule has 3 aromatic rings. The Morgan fingerprint density at radius 1 is 1.14 bits per heavy atom. The Kier molecular flexibility index (Phi) is 5.08. The minimum Gasteiger partial charge on any atom is -0.444 e. The van der Waals surface area contributed by atoms with Crippen LogP contribution in [0.15, 0.2) is 61.1 Å². The Hall–Kier alpha value is -2.80. The van der Waals surface area contributed by atoms with Crippen LogP contribution in [0.25, 0.3) is 10.9 Å². The summed E-state index contributed by atoms with van der Waals surface area (Å²) in [5, 5.41) is 0.661. The number of benzene rings is 1. The molecule has 1 aliphatic heterocycles. The van der Waals surface area contributed by atoms with Gasteiger partial charge >= 0.3 is 6.09 Å². The van der Waals surface area contributed by atoms with Crippen molar-refractivity contribution in [3.63, 3.8) is 0 Å². The van der Waals surface area contributed by atoms with Crippen molar-refractivity contribution in [3.05, 3.63) is 66.6 Å². The number of rotatable bonds is 2. The van der Waals surface area contributed by atoms with E-state index in [9.17, 15) is 9.59 Å². The fourth-order valence-corrected chi connectivity index (χ4v) is 4.84. The molecule has 7 heteroatoms. The molecule has 4 rings (SSSR count). The molecule has 0 saturated carbocycles. The second-order valence-electron chi connectivity index (χ2n) is 7.96. The van der Waals surface area contributed by atoms with Crippen molar-refractivity contribution < 1.29 is 14.3 Å². The molecule has 0 spiro atoms. The number of ether oxygens (including phenoxy) is 1. The first-order valence-corrected chi connectivity index (χ1v) is 10.5. The maximum Gasteiger partial charge on any atom is 0.412 e. The molecule has 29 heavy (non-hydrogen) atoms. The van der Waals surface area contributed by atoms with Gasteiger partial charge in [0.2, 0.25) is 0 Å². The van der Waals surface area contributed by atoms with Gasteiger partial charge in [-0.1, -0.05) is 24.3 Å². The highest BCUT2D eigenvalue weighted by Crippen LogP contribution is 2.42. The lowest BCUT2D eigenvalue weighted by molar-refractivity contribution is 0.0160. The smallest absolute Gasteiger partial charge is 0.412 e. The maximum absolute atomic E-state index is 13.5. The average Bonchev–Trinajstić information content (AvgIpc) is 3.31. The van der Waals surface area contributed by atoms with Crippen molar-refractivity contribution in [2.75, 3.05) is 5.75 Å². The predicted molar refractivity (Wildman–Crippen MR) is 114 cm³/mol. The van der Waals surface area contributed by atoms with E-state index < -0.39 is 17.7 Å². The molecule has 0 bridgehead atoms. The Morgan fingerprint density at radius 3 is 2.66 bits per heavy atom. The largest absolute Gasteiger partial charge is 0.444 e. The quantitative estimate of drug-likeness (QED) is 0.612. The number of fused-ring (bicyclic) bond motifs is 1. The first-order valence-electron chi connectivity index (χ1n) is 9.48. The highest BCUT2D eigenvalue weighted by Gasteiger charge is 2.44. The number of hydrogen-bond acceptors (Lipinski definition) is 5. The highest BCUT2D eigenvalue weighted by atomic mass is 32.2. The van der Waals surface area contributed by atoms with Gasteiger partial charge < -0.3 is 4.74 Å². The van der Waals surface area contributed by atoms with E-state index in [4.69, 9.17) is 4.74 Å². The number of aromatic nitrogens is 2. The van der Waals surface area contributed by atoms with Gasteiger partial charge in [0, 0.05) is 35.3 Å². The van der Waals surface area contributed by atoms with Gasteiger partial charge in [0.15, 0.2) is 0 Å². The first-order chi connectivity index (χ1) is 13.8. The van der Waals surface area contributed by atoms with E-state index in [0.29, 0.717) is 5.75 Å². The lowest BCUT2D eigenvalue weighted by atomic mass is 10.2. The van der Waals surface area contributed by atoms with Crippen LogP contribution in [0.4, 0.5) is 4.79 Å². The van der Waals surface area contributed by atoms with Crippen LogP contribution >= 0.6 is 11.8 Å². The SMILES string of the molecule is CC(C)(C)OC(=O)N1C(c2cccnc2)SC[C@H]1C(=O)n1ccc2ccccc21. The zero-order valence-corrected chi connectivity index (χ0v) is 17.4. The van der Waals surface area contributed by atoms with E-state index in [0.717, 1.165) is 16.5 Å². The lowest BCUT2D eigenvalue weighted by Gasteiger charge is -2.31.